The highest BCUT2D eigenvalue weighted by Crippen LogP contribution is 2.42. The molecule has 0 radical (unpaired) electrons. The zero-order valence-electron chi connectivity index (χ0n) is 10.9. The first-order chi connectivity index (χ1) is 9.56. The van der Waals surface area contributed by atoms with Gasteiger partial charge in [-0.15, -0.1) is 0 Å². The van der Waals surface area contributed by atoms with Gasteiger partial charge in [-0.05, 0) is 25.0 Å². The zero-order chi connectivity index (χ0) is 14.3. The SMILES string of the molecule is COC1(CC(=O)ON2C(=O)c3ccccc3C2=O)CC1. The molecule has 1 aliphatic carbocycles. The quantitative estimate of drug-likeness (QED) is 0.775. The number of rotatable bonds is 4. The minimum atomic E-state index is -0.640. The number of hydrogen-bond donors (Lipinski definition) is 0. The molecule has 0 saturated heterocycles. The smallest absolute Gasteiger partial charge is 0.336 e. The maximum Gasteiger partial charge on any atom is 0.336 e. The van der Waals surface area contributed by atoms with Crippen molar-refractivity contribution >= 4 is 17.8 Å². The highest BCUT2D eigenvalue weighted by atomic mass is 16.7. The molecular formula is C14H13NO5. The summed E-state index contributed by atoms with van der Waals surface area (Å²) >= 11 is 0. The molecule has 2 amide bonds. The normalized spacial score (nSPS) is 18.9. The van der Waals surface area contributed by atoms with Crippen molar-refractivity contribution < 1.29 is 24.0 Å². The minimum Gasteiger partial charge on any atom is -0.378 e. The van der Waals surface area contributed by atoms with Gasteiger partial charge in [0.2, 0.25) is 0 Å². The Kier molecular flexibility index (Phi) is 2.83. The molecule has 0 unspecified atom stereocenters. The number of hydrogen-bond acceptors (Lipinski definition) is 5. The lowest BCUT2D eigenvalue weighted by atomic mass is 10.1. The van der Waals surface area contributed by atoms with Crippen LogP contribution in [0.1, 0.15) is 40.0 Å². The van der Waals surface area contributed by atoms with E-state index in [2.05, 4.69) is 0 Å². The van der Waals surface area contributed by atoms with Crippen molar-refractivity contribution in [2.75, 3.05) is 7.11 Å². The summed E-state index contributed by atoms with van der Waals surface area (Å²) in [4.78, 5) is 40.7. The summed E-state index contributed by atoms with van der Waals surface area (Å²) in [6.45, 7) is 0. The third-order valence-electron chi connectivity index (χ3n) is 3.66. The lowest BCUT2D eigenvalue weighted by Crippen LogP contribution is -2.34. The van der Waals surface area contributed by atoms with Gasteiger partial charge in [-0.3, -0.25) is 9.59 Å². The number of carbonyl (C=O) groups excluding carboxylic acids is 3. The van der Waals surface area contributed by atoms with E-state index < -0.39 is 23.4 Å². The molecule has 1 aromatic carbocycles. The summed E-state index contributed by atoms with van der Waals surface area (Å²) in [5.41, 5.74) is 0.0202. The van der Waals surface area contributed by atoms with Crippen LogP contribution in [0.2, 0.25) is 0 Å². The molecule has 104 valence electrons. The van der Waals surface area contributed by atoms with Crippen LogP contribution in [0.15, 0.2) is 24.3 Å². The molecule has 0 aromatic heterocycles. The Morgan fingerprint density at radius 3 is 2.20 bits per heavy atom. The van der Waals surface area contributed by atoms with Crippen molar-refractivity contribution in [2.24, 2.45) is 0 Å². The molecule has 1 aliphatic heterocycles. The summed E-state index contributed by atoms with van der Waals surface area (Å²) in [6.07, 6.45) is 1.60. The average Bonchev–Trinajstić information content (AvgIpc) is 3.19. The first-order valence-electron chi connectivity index (χ1n) is 6.30. The standard InChI is InChI=1S/C14H13NO5/c1-19-14(6-7-14)8-11(16)20-15-12(17)9-4-2-3-5-10(9)13(15)18/h2-5H,6-8H2,1H3. The summed E-state index contributed by atoms with van der Waals surface area (Å²) in [5.74, 6) is -1.86. The van der Waals surface area contributed by atoms with Crippen LogP contribution in [0.4, 0.5) is 0 Å². The van der Waals surface area contributed by atoms with Gasteiger partial charge in [-0.2, -0.15) is 0 Å². The van der Waals surface area contributed by atoms with Crippen LogP contribution < -0.4 is 0 Å². The Balaban J connectivity index is 1.72. The maximum atomic E-state index is 12.0. The Bertz CT molecular complexity index is 570. The third kappa shape index (κ3) is 1.98. The highest BCUT2D eigenvalue weighted by Gasteiger charge is 2.47. The molecule has 0 bridgehead atoms. The predicted molar refractivity (Wildman–Crippen MR) is 66.6 cm³/mol. The molecule has 3 rings (SSSR count). The van der Waals surface area contributed by atoms with Gasteiger partial charge >= 0.3 is 5.97 Å². The van der Waals surface area contributed by atoms with Crippen LogP contribution in [-0.4, -0.2) is 35.6 Å². The maximum absolute atomic E-state index is 12.0. The largest absolute Gasteiger partial charge is 0.378 e. The number of nitrogens with zero attached hydrogens (tertiary/aromatic N) is 1. The molecular weight excluding hydrogens is 262 g/mol. The molecule has 1 aromatic rings. The monoisotopic (exact) mass is 275 g/mol. The van der Waals surface area contributed by atoms with E-state index in [9.17, 15) is 14.4 Å². The number of ether oxygens (including phenoxy) is 1. The molecule has 0 N–H and O–H groups in total. The van der Waals surface area contributed by atoms with E-state index in [1.807, 2.05) is 0 Å². The van der Waals surface area contributed by atoms with Gasteiger partial charge in [-0.1, -0.05) is 17.2 Å². The first kappa shape index (κ1) is 12.8. The fourth-order valence-electron chi connectivity index (χ4n) is 2.24. The van der Waals surface area contributed by atoms with Crippen molar-refractivity contribution in [3.05, 3.63) is 35.4 Å². The van der Waals surface area contributed by atoms with Gasteiger partial charge in [0.05, 0.1) is 23.1 Å². The number of carbonyl (C=O) groups is 3. The second kappa shape index (κ2) is 4.42. The van der Waals surface area contributed by atoms with E-state index in [1.165, 1.54) is 19.2 Å². The van der Waals surface area contributed by atoms with Gasteiger partial charge in [0.15, 0.2) is 0 Å². The number of benzene rings is 1. The second-order valence-corrected chi connectivity index (χ2v) is 4.98. The van der Waals surface area contributed by atoms with E-state index in [4.69, 9.17) is 9.57 Å². The number of amides is 2. The van der Waals surface area contributed by atoms with Crippen molar-refractivity contribution in [3.8, 4) is 0 Å². The van der Waals surface area contributed by atoms with Crippen LogP contribution in [0.5, 0.6) is 0 Å². The fourth-order valence-corrected chi connectivity index (χ4v) is 2.24. The van der Waals surface area contributed by atoms with Gasteiger partial charge in [0.1, 0.15) is 0 Å². The lowest BCUT2D eigenvalue weighted by molar-refractivity contribution is -0.171. The Hall–Kier alpha value is -2.21. The number of hydroxylamine groups is 2. The summed E-state index contributed by atoms with van der Waals surface area (Å²) < 4.78 is 5.21. The third-order valence-corrected chi connectivity index (χ3v) is 3.66. The Morgan fingerprint density at radius 2 is 1.75 bits per heavy atom. The Labute approximate surface area is 115 Å². The van der Waals surface area contributed by atoms with Crippen LogP contribution in [-0.2, 0) is 14.4 Å². The van der Waals surface area contributed by atoms with Crippen LogP contribution in [0, 0.1) is 0 Å². The van der Waals surface area contributed by atoms with E-state index >= 15 is 0 Å². The molecule has 1 saturated carbocycles. The van der Waals surface area contributed by atoms with Crippen LogP contribution >= 0.6 is 0 Å². The molecule has 20 heavy (non-hydrogen) atoms. The molecule has 1 heterocycles. The molecule has 0 atom stereocenters. The van der Waals surface area contributed by atoms with Gasteiger partial charge in [0, 0.05) is 7.11 Å². The Morgan fingerprint density at radius 1 is 1.20 bits per heavy atom. The minimum absolute atomic E-state index is 0.0386. The number of imide groups is 1. The van der Waals surface area contributed by atoms with Gasteiger partial charge in [0.25, 0.3) is 11.8 Å². The van der Waals surface area contributed by atoms with E-state index in [0.29, 0.717) is 5.06 Å². The van der Waals surface area contributed by atoms with Crippen molar-refractivity contribution in [1.29, 1.82) is 0 Å². The van der Waals surface area contributed by atoms with Crippen LogP contribution in [0.25, 0.3) is 0 Å². The second-order valence-electron chi connectivity index (χ2n) is 4.98. The van der Waals surface area contributed by atoms with E-state index in [0.717, 1.165) is 12.8 Å². The van der Waals surface area contributed by atoms with E-state index in [-0.39, 0.29) is 17.5 Å². The van der Waals surface area contributed by atoms with Crippen molar-refractivity contribution in [1.82, 2.24) is 5.06 Å². The van der Waals surface area contributed by atoms with Crippen LogP contribution in [0.3, 0.4) is 0 Å². The van der Waals surface area contributed by atoms with Crippen molar-refractivity contribution in [3.63, 3.8) is 0 Å². The molecule has 2 aliphatic rings. The summed E-state index contributed by atoms with van der Waals surface area (Å²) in [6, 6.07) is 6.36. The summed E-state index contributed by atoms with van der Waals surface area (Å²) in [7, 11) is 1.53. The van der Waals surface area contributed by atoms with Gasteiger partial charge in [-0.25, -0.2) is 4.79 Å². The topological polar surface area (TPSA) is 72.9 Å². The zero-order valence-corrected chi connectivity index (χ0v) is 10.9. The van der Waals surface area contributed by atoms with Crippen molar-refractivity contribution in [2.45, 2.75) is 24.9 Å². The number of fused-ring (bicyclic) bond motifs is 1. The predicted octanol–water partition coefficient (Wildman–Crippen LogP) is 1.31. The molecule has 6 nitrogen and oxygen atoms in total. The van der Waals surface area contributed by atoms with E-state index in [1.54, 1.807) is 12.1 Å². The summed E-state index contributed by atoms with van der Waals surface area (Å²) in [5, 5.41) is 0.527. The number of methoxy groups -OCH3 is 1. The molecule has 6 heteroatoms. The molecule has 1 fully saturated rings. The lowest BCUT2D eigenvalue weighted by Gasteiger charge is -2.16. The average molecular weight is 275 g/mol. The first-order valence-corrected chi connectivity index (χ1v) is 6.30. The van der Waals surface area contributed by atoms with Gasteiger partial charge < -0.3 is 9.57 Å². The molecule has 0 spiro atoms. The highest BCUT2D eigenvalue weighted by molar-refractivity contribution is 6.20. The fraction of sp³-hybridized carbons (Fsp3) is 0.357.